The Labute approximate surface area is 111 Å². The van der Waals surface area contributed by atoms with Gasteiger partial charge in [-0.25, -0.2) is 0 Å². The molecule has 1 aromatic carbocycles. The molecular formula is C16H25NO. The van der Waals surface area contributed by atoms with E-state index >= 15 is 0 Å². The van der Waals surface area contributed by atoms with Crippen LogP contribution in [0.15, 0.2) is 18.2 Å². The van der Waals surface area contributed by atoms with Gasteiger partial charge in [0.1, 0.15) is 0 Å². The van der Waals surface area contributed by atoms with E-state index in [2.05, 4.69) is 51.2 Å². The first-order chi connectivity index (χ1) is 8.60. The van der Waals surface area contributed by atoms with E-state index in [4.69, 9.17) is 4.74 Å². The number of aryl methyl sites for hydroxylation is 2. The van der Waals surface area contributed by atoms with E-state index in [1.54, 1.807) is 0 Å². The number of hydrogen-bond donors (Lipinski definition) is 1. The minimum Gasteiger partial charge on any atom is -0.364 e. The average molecular weight is 247 g/mol. The summed E-state index contributed by atoms with van der Waals surface area (Å²) in [6.07, 6.45) is 2.33. The molecule has 2 rings (SSSR count). The minimum absolute atomic E-state index is 0.0141. The summed E-state index contributed by atoms with van der Waals surface area (Å²) in [4.78, 5) is 0. The minimum atomic E-state index is 0.0141. The standard InChI is InChI=1S/C16H25NO/c1-5-16(6-2)11-17-10-15(18-16)14-8-7-12(3)9-13(14)4/h7-9,15,17H,5-6,10-11H2,1-4H3. The molecule has 1 atom stereocenters. The van der Waals surface area contributed by atoms with Crippen molar-refractivity contribution >= 4 is 0 Å². The third-order valence-corrected chi connectivity index (χ3v) is 4.23. The molecule has 1 fully saturated rings. The highest BCUT2D eigenvalue weighted by Gasteiger charge is 2.35. The Bertz CT molecular complexity index is 410. The van der Waals surface area contributed by atoms with Crippen LogP contribution in [-0.4, -0.2) is 18.7 Å². The maximum Gasteiger partial charge on any atom is 0.0959 e. The summed E-state index contributed by atoms with van der Waals surface area (Å²) < 4.78 is 6.42. The summed E-state index contributed by atoms with van der Waals surface area (Å²) in [6.45, 7) is 10.6. The Morgan fingerprint density at radius 2 is 2.00 bits per heavy atom. The Morgan fingerprint density at radius 3 is 2.61 bits per heavy atom. The van der Waals surface area contributed by atoms with Crippen LogP contribution < -0.4 is 5.32 Å². The van der Waals surface area contributed by atoms with Gasteiger partial charge in [-0.3, -0.25) is 0 Å². The molecule has 0 spiro atoms. The number of morpholine rings is 1. The zero-order chi connectivity index (χ0) is 13.2. The van der Waals surface area contributed by atoms with Gasteiger partial charge in [0.15, 0.2) is 0 Å². The predicted octanol–water partition coefficient (Wildman–Crippen LogP) is 3.52. The molecular weight excluding hydrogens is 222 g/mol. The topological polar surface area (TPSA) is 21.3 Å². The van der Waals surface area contributed by atoms with Gasteiger partial charge in [0.25, 0.3) is 0 Å². The Kier molecular flexibility index (Phi) is 4.08. The van der Waals surface area contributed by atoms with Crippen molar-refractivity contribution in [2.45, 2.75) is 52.2 Å². The van der Waals surface area contributed by atoms with Gasteiger partial charge in [-0.15, -0.1) is 0 Å². The van der Waals surface area contributed by atoms with E-state index in [1.807, 2.05) is 0 Å². The second-order valence-electron chi connectivity index (χ2n) is 5.49. The van der Waals surface area contributed by atoms with Crippen molar-refractivity contribution in [3.8, 4) is 0 Å². The van der Waals surface area contributed by atoms with Crippen LogP contribution >= 0.6 is 0 Å². The lowest BCUT2D eigenvalue weighted by Crippen LogP contribution is -2.50. The maximum absolute atomic E-state index is 6.42. The molecule has 1 N–H and O–H groups in total. The molecule has 1 aliphatic rings. The van der Waals surface area contributed by atoms with E-state index < -0.39 is 0 Å². The number of benzene rings is 1. The SMILES string of the molecule is CCC1(CC)CNCC(c2ccc(C)cc2C)O1. The normalized spacial score (nSPS) is 23.0. The van der Waals surface area contributed by atoms with Gasteiger partial charge < -0.3 is 10.1 Å². The molecule has 2 nitrogen and oxygen atoms in total. The Hall–Kier alpha value is -0.860. The van der Waals surface area contributed by atoms with Crippen LogP contribution in [0.5, 0.6) is 0 Å². The van der Waals surface area contributed by atoms with Crippen LogP contribution in [0.25, 0.3) is 0 Å². The van der Waals surface area contributed by atoms with E-state index in [9.17, 15) is 0 Å². The van der Waals surface area contributed by atoms with Crippen molar-refractivity contribution in [2.24, 2.45) is 0 Å². The van der Waals surface area contributed by atoms with Crippen LogP contribution in [0, 0.1) is 13.8 Å². The summed E-state index contributed by atoms with van der Waals surface area (Å²) in [5.74, 6) is 0. The van der Waals surface area contributed by atoms with Crippen LogP contribution in [-0.2, 0) is 4.74 Å². The first-order valence-electron chi connectivity index (χ1n) is 7.06. The molecule has 0 saturated carbocycles. The van der Waals surface area contributed by atoms with Gasteiger partial charge in [0.05, 0.1) is 11.7 Å². The first kappa shape index (κ1) is 13.6. The van der Waals surface area contributed by atoms with E-state index in [-0.39, 0.29) is 11.7 Å². The van der Waals surface area contributed by atoms with Crippen LogP contribution in [0.2, 0.25) is 0 Å². The monoisotopic (exact) mass is 247 g/mol. The molecule has 2 heteroatoms. The van der Waals surface area contributed by atoms with Crippen molar-refractivity contribution in [2.75, 3.05) is 13.1 Å². The Balaban J connectivity index is 2.23. The van der Waals surface area contributed by atoms with Gasteiger partial charge in [-0.05, 0) is 37.8 Å². The molecule has 1 aliphatic heterocycles. The number of rotatable bonds is 3. The van der Waals surface area contributed by atoms with Gasteiger partial charge >= 0.3 is 0 Å². The van der Waals surface area contributed by atoms with Gasteiger partial charge in [-0.2, -0.15) is 0 Å². The lowest BCUT2D eigenvalue weighted by Gasteiger charge is -2.41. The highest BCUT2D eigenvalue weighted by atomic mass is 16.5. The summed E-state index contributed by atoms with van der Waals surface area (Å²) in [5, 5.41) is 3.54. The van der Waals surface area contributed by atoms with Crippen molar-refractivity contribution < 1.29 is 4.74 Å². The zero-order valence-corrected chi connectivity index (χ0v) is 12.0. The Morgan fingerprint density at radius 1 is 1.28 bits per heavy atom. The molecule has 1 aromatic rings. The van der Waals surface area contributed by atoms with Crippen molar-refractivity contribution in [1.82, 2.24) is 5.32 Å². The van der Waals surface area contributed by atoms with Gasteiger partial charge in [0.2, 0.25) is 0 Å². The van der Waals surface area contributed by atoms with Crippen molar-refractivity contribution in [1.29, 1.82) is 0 Å². The van der Waals surface area contributed by atoms with E-state index in [1.165, 1.54) is 16.7 Å². The van der Waals surface area contributed by atoms with Gasteiger partial charge in [0, 0.05) is 13.1 Å². The van der Waals surface area contributed by atoms with Crippen LogP contribution in [0.4, 0.5) is 0 Å². The molecule has 100 valence electrons. The van der Waals surface area contributed by atoms with Crippen LogP contribution in [0.1, 0.15) is 49.5 Å². The van der Waals surface area contributed by atoms with Gasteiger partial charge in [-0.1, -0.05) is 37.6 Å². The highest BCUT2D eigenvalue weighted by Crippen LogP contribution is 2.33. The smallest absolute Gasteiger partial charge is 0.0959 e. The molecule has 0 bridgehead atoms. The predicted molar refractivity (Wildman–Crippen MR) is 75.9 cm³/mol. The fourth-order valence-electron chi connectivity index (χ4n) is 2.84. The molecule has 18 heavy (non-hydrogen) atoms. The lowest BCUT2D eigenvalue weighted by atomic mass is 9.92. The largest absolute Gasteiger partial charge is 0.364 e. The summed E-state index contributed by atoms with van der Waals surface area (Å²) >= 11 is 0. The average Bonchev–Trinajstić information content (AvgIpc) is 2.38. The fourth-order valence-corrected chi connectivity index (χ4v) is 2.84. The number of nitrogens with one attached hydrogen (secondary N) is 1. The molecule has 1 unspecified atom stereocenters. The second-order valence-corrected chi connectivity index (χ2v) is 5.49. The van der Waals surface area contributed by atoms with Crippen molar-refractivity contribution in [3.63, 3.8) is 0 Å². The fraction of sp³-hybridized carbons (Fsp3) is 0.625. The molecule has 0 amide bonds. The number of ether oxygens (including phenoxy) is 1. The molecule has 0 aliphatic carbocycles. The first-order valence-corrected chi connectivity index (χ1v) is 7.06. The van der Waals surface area contributed by atoms with E-state index in [0.717, 1.165) is 25.9 Å². The highest BCUT2D eigenvalue weighted by molar-refractivity contribution is 5.32. The molecule has 1 saturated heterocycles. The second kappa shape index (κ2) is 5.41. The van der Waals surface area contributed by atoms with Crippen molar-refractivity contribution in [3.05, 3.63) is 34.9 Å². The maximum atomic E-state index is 6.42. The quantitative estimate of drug-likeness (QED) is 0.882. The zero-order valence-electron chi connectivity index (χ0n) is 12.0. The summed E-state index contributed by atoms with van der Waals surface area (Å²) in [5.41, 5.74) is 4.00. The summed E-state index contributed by atoms with van der Waals surface area (Å²) in [6, 6.07) is 6.64. The number of hydrogen-bond acceptors (Lipinski definition) is 2. The molecule has 0 radical (unpaired) electrons. The lowest BCUT2D eigenvalue weighted by molar-refractivity contribution is -0.122. The third-order valence-electron chi connectivity index (χ3n) is 4.23. The van der Waals surface area contributed by atoms with E-state index in [0.29, 0.717) is 0 Å². The third kappa shape index (κ3) is 2.60. The van der Waals surface area contributed by atoms with Crippen LogP contribution in [0.3, 0.4) is 0 Å². The molecule has 1 heterocycles. The summed E-state index contributed by atoms with van der Waals surface area (Å²) in [7, 11) is 0. The molecule has 0 aromatic heterocycles.